The van der Waals surface area contributed by atoms with Gasteiger partial charge < -0.3 is 21.3 Å². The summed E-state index contributed by atoms with van der Waals surface area (Å²) in [5.74, 6) is 0.0147. The van der Waals surface area contributed by atoms with Crippen molar-refractivity contribution in [2.45, 2.75) is 18.9 Å². The van der Waals surface area contributed by atoms with E-state index >= 15 is 0 Å². The number of hydrogen-bond acceptors (Lipinski definition) is 3. The topological polar surface area (TPSA) is 87.5 Å². The molecule has 1 aromatic rings. The summed E-state index contributed by atoms with van der Waals surface area (Å²) < 4.78 is 0. The summed E-state index contributed by atoms with van der Waals surface area (Å²) in [5, 5.41) is 5.70. The van der Waals surface area contributed by atoms with Crippen molar-refractivity contribution in [3.05, 3.63) is 24.3 Å². The third kappa shape index (κ3) is 2.29. The van der Waals surface area contributed by atoms with E-state index in [1.54, 1.807) is 29.2 Å². The fourth-order valence-electron chi connectivity index (χ4n) is 2.97. The number of piperidine rings is 1. The van der Waals surface area contributed by atoms with Gasteiger partial charge in [-0.1, -0.05) is 0 Å². The molecule has 3 rings (SSSR count). The van der Waals surface area contributed by atoms with Gasteiger partial charge in [0.1, 0.15) is 0 Å². The predicted octanol–water partition coefficient (Wildman–Crippen LogP) is 1.01. The number of nitrogen functional groups attached to an aromatic ring is 1. The first kappa shape index (κ1) is 12.8. The number of fused-ring (bicyclic) bond motifs is 1. The molecule has 2 aliphatic rings. The first-order chi connectivity index (χ1) is 9.65. The smallest absolute Gasteiger partial charge is 0.322 e. The highest BCUT2D eigenvalue weighted by Gasteiger charge is 2.42. The molecule has 6 heteroatoms. The lowest BCUT2D eigenvalue weighted by Gasteiger charge is -2.35. The van der Waals surface area contributed by atoms with Gasteiger partial charge in [0, 0.05) is 24.5 Å². The Labute approximate surface area is 117 Å². The minimum absolute atomic E-state index is 0.0231. The number of hydrogen-bond donors (Lipinski definition) is 3. The highest BCUT2D eigenvalue weighted by molar-refractivity contribution is 5.91. The van der Waals surface area contributed by atoms with Crippen molar-refractivity contribution in [1.29, 1.82) is 0 Å². The van der Waals surface area contributed by atoms with Crippen LogP contribution in [0.1, 0.15) is 12.8 Å². The van der Waals surface area contributed by atoms with Gasteiger partial charge in [-0.05, 0) is 37.1 Å². The van der Waals surface area contributed by atoms with Crippen molar-refractivity contribution < 1.29 is 9.59 Å². The van der Waals surface area contributed by atoms with Crippen LogP contribution in [-0.4, -0.2) is 36.0 Å². The minimum atomic E-state index is -0.152. The number of urea groups is 1. The molecule has 2 fully saturated rings. The van der Waals surface area contributed by atoms with Crippen molar-refractivity contribution in [3.63, 3.8) is 0 Å². The monoisotopic (exact) mass is 274 g/mol. The summed E-state index contributed by atoms with van der Waals surface area (Å²) in [4.78, 5) is 25.8. The summed E-state index contributed by atoms with van der Waals surface area (Å²) >= 11 is 0. The Kier molecular flexibility index (Phi) is 3.22. The normalized spacial score (nSPS) is 25.0. The van der Waals surface area contributed by atoms with Crippen molar-refractivity contribution in [2.75, 3.05) is 24.1 Å². The van der Waals surface area contributed by atoms with Gasteiger partial charge in [0.2, 0.25) is 5.91 Å². The number of carbonyl (C=O) groups excluding carboxylic acids is 2. The van der Waals surface area contributed by atoms with E-state index in [-0.39, 0.29) is 23.9 Å². The molecule has 2 atom stereocenters. The predicted molar refractivity (Wildman–Crippen MR) is 76.1 cm³/mol. The van der Waals surface area contributed by atoms with Gasteiger partial charge in [0.25, 0.3) is 0 Å². The molecule has 106 valence electrons. The summed E-state index contributed by atoms with van der Waals surface area (Å²) in [5.41, 5.74) is 6.99. The van der Waals surface area contributed by atoms with Gasteiger partial charge in [0.05, 0.1) is 12.0 Å². The molecule has 0 saturated carbocycles. The zero-order chi connectivity index (χ0) is 14.1. The number of anilines is 2. The molecule has 4 N–H and O–H groups in total. The number of carbonyl (C=O) groups is 2. The number of rotatable bonds is 1. The first-order valence-corrected chi connectivity index (χ1v) is 6.86. The Hall–Kier alpha value is -2.24. The van der Waals surface area contributed by atoms with Gasteiger partial charge in [-0.25, -0.2) is 4.79 Å². The van der Waals surface area contributed by atoms with E-state index in [9.17, 15) is 9.59 Å². The number of likely N-dealkylation sites (tertiary alicyclic amines) is 1. The average molecular weight is 274 g/mol. The molecule has 0 spiro atoms. The Bertz CT molecular complexity index is 528. The highest BCUT2D eigenvalue weighted by Crippen LogP contribution is 2.27. The van der Waals surface area contributed by atoms with Gasteiger partial charge in [-0.15, -0.1) is 0 Å². The first-order valence-electron chi connectivity index (χ1n) is 6.86. The standard InChI is InChI=1S/C14H18N4O2/c15-9-3-5-10(6-4-9)17-14(20)18-7-1-2-11-12(18)8-16-13(11)19/h3-6,11-12H,1-2,7-8,15H2,(H,16,19)(H,17,20). The van der Waals surface area contributed by atoms with Crippen LogP contribution in [0.4, 0.5) is 16.2 Å². The SMILES string of the molecule is Nc1ccc(NC(=O)N2CCCC3C(=O)NCC32)cc1. The third-order valence-corrected chi connectivity index (χ3v) is 4.02. The Morgan fingerprint density at radius 3 is 2.85 bits per heavy atom. The van der Waals surface area contributed by atoms with Gasteiger partial charge in [-0.3, -0.25) is 4.79 Å². The average Bonchev–Trinajstić information content (AvgIpc) is 2.83. The zero-order valence-corrected chi connectivity index (χ0v) is 11.1. The van der Waals surface area contributed by atoms with Crippen LogP contribution < -0.4 is 16.4 Å². The van der Waals surface area contributed by atoms with E-state index in [4.69, 9.17) is 5.73 Å². The largest absolute Gasteiger partial charge is 0.399 e. The number of amides is 3. The molecular formula is C14H18N4O2. The highest BCUT2D eigenvalue weighted by atomic mass is 16.2. The summed E-state index contributed by atoms with van der Waals surface area (Å²) in [6.07, 6.45) is 1.73. The molecule has 2 unspecified atom stereocenters. The maximum atomic E-state index is 12.3. The third-order valence-electron chi connectivity index (χ3n) is 4.02. The molecule has 20 heavy (non-hydrogen) atoms. The van der Waals surface area contributed by atoms with Crippen LogP contribution >= 0.6 is 0 Å². The van der Waals surface area contributed by atoms with E-state index in [1.807, 2.05) is 0 Å². The van der Waals surface area contributed by atoms with Crippen LogP contribution in [0.15, 0.2) is 24.3 Å². The number of nitrogens with two attached hydrogens (primary N) is 1. The van der Waals surface area contributed by atoms with Crippen molar-refractivity contribution in [1.82, 2.24) is 10.2 Å². The Balaban J connectivity index is 1.70. The van der Waals surface area contributed by atoms with Crippen LogP contribution in [-0.2, 0) is 4.79 Å². The summed E-state index contributed by atoms with van der Waals surface area (Å²) in [7, 11) is 0. The zero-order valence-electron chi connectivity index (χ0n) is 11.1. The molecule has 0 radical (unpaired) electrons. The van der Waals surface area contributed by atoms with Crippen molar-refractivity contribution in [3.8, 4) is 0 Å². The molecule has 3 amide bonds. The molecule has 2 heterocycles. The van der Waals surface area contributed by atoms with E-state index in [2.05, 4.69) is 10.6 Å². The number of nitrogens with one attached hydrogen (secondary N) is 2. The fourth-order valence-corrected chi connectivity index (χ4v) is 2.97. The molecule has 6 nitrogen and oxygen atoms in total. The molecule has 2 saturated heterocycles. The van der Waals surface area contributed by atoms with Crippen LogP contribution in [0.5, 0.6) is 0 Å². The second-order valence-electron chi connectivity index (χ2n) is 5.31. The van der Waals surface area contributed by atoms with E-state index in [0.29, 0.717) is 24.5 Å². The lowest BCUT2D eigenvalue weighted by molar-refractivity contribution is -0.123. The molecule has 0 aliphatic carbocycles. The molecule has 0 bridgehead atoms. The lowest BCUT2D eigenvalue weighted by atomic mass is 9.92. The summed E-state index contributed by atoms with van der Waals surface area (Å²) in [6.45, 7) is 1.25. The second-order valence-corrected chi connectivity index (χ2v) is 5.31. The fraction of sp³-hybridized carbons (Fsp3) is 0.429. The van der Waals surface area contributed by atoms with E-state index < -0.39 is 0 Å². The van der Waals surface area contributed by atoms with Crippen LogP contribution in [0.25, 0.3) is 0 Å². The Morgan fingerprint density at radius 1 is 1.35 bits per heavy atom. The van der Waals surface area contributed by atoms with Gasteiger partial charge in [-0.2, -0.15) is 0 Å². The molecule has 2 aliphatic heterocycles. The van der Waals surface area contributed by atoms with E-state index in [0.717, 1.165) is 12.8 Å². The summed E-state index contributed by atoms with van der Waals surface area (Å²) in [6, 6.07) is 6.86. The quantitative estimate of drug-likeness (QED) is 0.668. The Morgan fingerprint density at radius 2 is 2.10 bits per heavy atom. The minimum Gasteiger partial charge on any atom is -0.399 e. The maximum Gasteiger partial charge on any atom is 0.322 e. The molecule has 0 aromatic heterocycles. The number of nitrogens with zero attached hydrogens (tertiary/aromatic N) is 1. The van der Waals surface area contributed by atoms with Crippen LogP contribution in [0, 0.1) is 5.92 Å². The molecular weight excluding hydrogens is 256 g/mol. The van der Waals surface area contributed by atoms with Crippen molar-refractivity contribution >= 4 is 23.3 Å². The van der Waals surface area contributed by atoms with Gasteiger partial charge in [0.15, 0.2) is 0 Å². The molecule has 1 aromatic carbocycles. The van der Waals surface area contributed by atoms with Crippen molar-refractivity contribution in [2.24, 2.45) is 5.92 Å². The lowest BCUT2D eigenvalue weighted by Crippen LogP contribution is -2.50. The number of benzene rings is 1. The van der Waals surface area contributed by atoms with Crippen LogP contribution in [0.2, 0.25) is 0 Å². The van der Waals surface area contributed by atoms with E-state index in [1.165, 1.54) is 0 Å². The van der Waals surface area contributed by atoms with Gasteiger partial charge >= 0.3 is 6.03 Å². The maximum absolute atomic E-state index is 12.3. The second kappa shape index (κ2) is 5.03. The van der Waals surface area contributed by atoms with Crippen LogP contribution in [0.3, 0.4) is 0 Å².